The van der Waals surface area contributed by atoms with Crippen LogP contribution in [0.4, 0.5) is 0 Å². The smallest absolute Gasteiger partial charge is 0.234 e. The summed E-state index contributed by atoms with van der Waals surface area (Å²) < 4.78 is 1.91. The summed E-state index contributed by atoms with van der Waals surface area (Å²) in [5.74, 6) is -0.0179. The summed E-state index contributed by atoms with van der Waals surface area (Å²) in [6.07, 6.45) is 0. The number of carbonyl (C=O) groups is 1. The molecule has 0 spiro atoms. The van der Waals surface area contributed by atoms with Crippen molar-refractivity contribution >= 4 is 18.3 Å². The largest absolute Gasteiger partial charge is 0.351 e. The number of amides is 1. The van der Waals surface area contributed by atoms with Gasteiger partial charge in [0.1, 0.15) is 0 Å². The van der Waals surface area contributed by atoms with Crippen molar-refractivity contribution in [2.75, 3.05) is 13.6 Å². The first kappa shape index (κ1) is 17.2. The SMILES string of the molecule is CNCC(=O)NCc1ccccc1-n1nc(C)cc1C.Cl. The van der Waals surface area contributed by atoms with Gasteiger partial charge in [0.15, 0.2) is 0 Å². The van der Waals surface area contributed by atoms with Crippen LogP contribution in [0.15, 0.2) is 30.3 Å². The molecule has 2 aromatic rings. The predicted molar refractivity (Wildman–Crippen MR) is 86.1 cm³/mol. The Morgan fingerprint density at radius 2 is 2.00 bits per heavy atom. The van der Waals surface area contributed by atoms with Gasteiger partial charge in [-0.3, -0.25) is 4.79 Å². The molecular weight excluding hydrogens is 288 g/mol. The van der Waals surface area contributed by atoms with Crippen LogP contribution in [-0.2, 0) is 11.3 Å². The summed E-state index contributed by atoms with van der Waals surface area (Å²) in [7, 11) is 1.75. The fourth-order valence-corrected chi connectivity index (χ4v) is 2.16. The number of aromatic nitrogens is 2. The summed E-state index contributed by atoms with van der Waals surface area (Å²) in [5, 5.41) is 10.2. The molecule has 2 N–H and O–H groups in total. The molecular formula is C15H21ClN4O. The molecule has 0 bridgehead atoms. The van der Waals surface area contributed by atoms with Crippen molar-refractivity contribution in [3.63, 3.8) is 0 Å². The van der Waals surface area contributed by atoms with Crippen molar-refractivity contribution < 1.29 is 4.79 Å². The molecule has 0 saturated carbocycles. The zero-order valence-electron chi connectivity index (χ0n) is 12.5. The average molecular weight is 309 g/mol. The van der Waals surface area contributed by atoms with Gasteiger partial charge in [0, 0.05) is 12.2 Å². The average Bonchev–Trinajstić information content (AvgIpc) is 2.76. The van der Waals surface area contributed by atoms with Crippen LogP contribution in [-0.4, -0.2) is 29.3 Å². The first-order chi connectivity index (χ1) is 9.61. The molecule has 0 aliphatic heterocycles. The third-order valence-electron chi connectivity index (χ3n) is 3.04. The second-order valence-corrected chi connectivity index (χ2v) is 4.77. The van der Waals surface area contributed by atoms with E-state index in [2.05, 4.69) is 15.7 Å². The maximum absolute atomic E-state index is 11.5. The fourth-order valence-electron chi connectivity index (χ4n) is 2.16. The number of benzene rings is 1. The quantitative estimate of drug-likeness (QED) is 0.884. The molecule has 114 valence electrons. The number of nitrogens with zero attached hydrogens (tertiary/aromatic N) is 2. The summed E-state index contributed by atoms with van der Waals surface area (Å²) in [6, 6.07) is 10.0. The van der Waals surface area contributed by atoms with E-state index in [0.717, 1.165) is 22.6 Å². The van der Waals surface area contributed by atoms with Gasteiger partial charge in [-0.05, 0) is 38.6 Å². The molecule has 1 amide bonds. The molecule has 0 fully saturated rings. The van der Waals surface area contributed by atoms with Crippen molar-refractivity contribution in [3.05, 3.63) is 47.3 Å². The van der Waals surface area contributed by atoms with Crippen LogP contribution in [0.25, 0.3) is 5.69 Å². The van der Waals surface area contributed by atoms with E-state index >= 15 is 0 Å². The van der Waals surface area contributed by atoms with Gasteiger partial charge in [-0.25, -0.2) is 4.68 Å². The minimum Gasteiger partial charge on any atom is -0.351 e. The number of rotatable bonds is 5. The van der Waals surface area contributed by atoms with E-state index in [1.807, 2.05) is 48.9 Å². The van der Waals surface area contributed by atoms with E-state index in [-0.39, 0.29) is 18.3 Å². The number of halogens is 1. The molecule has 0 aliphatic rings. The highest BCUT2D eigenvalue weighted by Crippen LogP contribution is 2.16. The Kier molecular flexibility index (Phi) is 6.39. The van der Waals surface area contributed by atoms with Crippen LogP contribution in [0.5, 0.6) is 0 Å². The third-order valence-corrected chi connectivity index (χ3v) is 3.04. The fraction of sp³-hybridized carbons (Fsp3) is 0.333. The van der Waals surface area contributed by atoms with Crippen molar-refractivity contribution in [2.45, 2.75) is 20.4 Å². The van der Waals surface area contributed by atoms with Gasteiger partial charge < -0.3 is 10.6 Å². The lowest BCUT2D eigenvalue weighted by Crippen LogP contribution is -2.31. The molecule has 1 aromatic heterocycles. The second kappa shape index (κ2) is 7.81. The predicted octanol–water partition coefficient (Wildman–Crippen LogP) is 1.75. The number of para-hydroxylation sites is 1. The van der Waals surface area contributed by atoms with E-state index in [1.165, 1.54) is 0 Å². The number of hydrogen-bond acceptors (Lipinski definition) is 3. The maximum atomic E-state index is 11.5. The van der Waals surface area contributed by atoms with Crippen LogP contribution in [0.1, 0.15) is 17.0 Å². The molecule has 1 heterocycles. The van der Waals surface area contributed by atoms with Crippen molar-refractivity contribution in [1.82, 2.24) is 20.4 Å². The maximum Gasteiger partial charge on any atom is 0.234 e. The van der Waals surface area contributed by atoms with Gasteiger partial charge in [0.05, 0.1) is 17.9 Å². The lowest BCUT2D eigenvalue weighted by atomic mass is 10.1. The van der Waals surface area contributed by atoms with Gasteiger partial charge >= 0.3 is 0 Å². The normalized spacial score (nSPS) is 10.0. The van der Waals surface area contributed by atoms with Gasteiger partial charge in [-0.15, -0.1) is 12.4 Å². The third kappa shape index (κ3) is 4.31. The number of aryl methyl sites for hydroxylation is 2. The molecule has 0 unspecified atom stereocenters. The van der Waals surface area contributed by atoms with E-state index < -0.39 is 0 Å². The molecule has 1 aromatic carbocycles. The Morgan fingerprint density at radius 3 is 2.62 bits per heavy atom. The number of hydrogen-bond donors (Lipinski definition) is 2. The number of likely N-dealkylation sites (N-methyl/N-ethyl adjacent to an activating group) is 1. The van der Waals surface area contributed by atoms with E-state index in [0.29, 0.717) is 13.1 Å². The van der Waals surface area contributed by atoms with Crippen LogP contribution in [0.3, 0.4) is 0 Å². The lowest BCUT2D eigenvalue weighted by molar-refractivity contribution is -0.120. The highest BCUT2D eigenvalue weighted by molar-refractivity contribution is 5.85. The summed E-state index contributed by atoms with van der Waals surface area (Å²) in [5.41, 5.74) is 4.11. The summed E-state index contributed by atoms with van der Waals surface area (Å²) in [6.45, 7) is 4.81. The Morgan fingerprint density at radius 1 is 1.29 bits per heavy atom. The van der Waals surface area contributed by atoms with Gasteiger partial charge in [-0.2, -0.15) is 5.10 Å². The summed E-state index contributed by atoms with van der Waals surface area (Å²) >= 11 is 0. The number of carbonyl (C=O) groups excluding carboxylic acids is 1. The number of nitrogens with one attached hydrogen (secondary N) is 2. The Bertz CT molecular complexity index is 609. The molecule has 5 nitrogen and oxygen atoms in total. The van der Waals surface area contributed by atoms with Crippen LogP contribution >= 0.6 is 12.4 Å². The van der Waals surface area contributed by atoms with Crippen molar-refractivity contribution in [2.24, 2.45) is 0 Å². The van der Waals surface area contributed by atoms with E-state index in [4.69, 9.17) is 0 Å². The minimum atomic E-state index is -0.0179. The Labute approximate surface area is 131 Å². The topological polar surface area (TPSA) is 59.0 Å². The lowest BCUT2D eigenvalue weighted by Gasteiger charge is -2.12. The van der Waals surface area contributed by atoms with Crippen LogP contribution < -0.4 is 10.6 Å². The zero-order valence-corrected chi connectivity index (χ0v) is 13.3. The molecule has 0 aliphatic carbocycles. The minimum absolute atomic E-state index is 0. The molecule has 21 heavy (non-hydrogen) atoms. The van der Waals surface area contributed by atoms with E-state index in [9.17, 15) is 4.79 Å². The summed E-state index contributed by atoms with van der Waals surface area (Å²) in [4.78, 5) is 11.5. The standard InChI is InChI=1S/C15H20N4O.ClH/c1-11-8-12(2)19(18-11)14-7-5-4-6-13(14)9-17-15(20)10-16-3;/h4-8,16H,9-10H2,1-3H3,(H,17,20);1H. The highest BCUT2D eigenvalue weighted by Gasteiger charge is 2.09. The Hall–Kier alpha value is -1.85. The highest BCUT2D eigenvalue weighted by atomic mass is 35.5. The zero-order chi connectivity index (χ0) is 14.5. The molecule has 0 radical (unpaired) electrons. The van der Waals surface area contributed by atoms with Crippen molar-refractivity contribution in [1.29, 1.82) is 0 Å². The first-order valence-electron chi connectivity index (χ1n) is 6.64. The first-order valence-corrected chi connectivity index (χ1v) is 6.64. The van der Waals surface area contributed by atoms with Gasteiger partial charge in [0.2, 0.25) is 5.91 Å². The Balaban J connectivity index is 0.00000220. The molecule has 2 rings (SSSR count). The van der Waals surface area contributed by atoms with Crippen molar-refractivity contribution in [3.8, 4) is 5.69 Å². The molecule has 0 atom stereocenters. The van der Waals surface area contributed by atoms with Crippen LogP contribution in [0.2, 0.25) is 0 Å². The monoisotopic (exact) mass is 308 g/mol. The van der Waals surface area contributed by atoms with E-state index in [1.54, 1.807) is 7.05 Å². The molecule has 6 heteroatoms. The molecule has 0 saturated heterocycles. The van der Waals surface area contributed by atoms with Gasteiger partial charge in [0.25, 0.3) is 0 Å². The second-order valence-electron chi connectivity index (χ2n) is 4.77. The van der Waals surface area contributed by atoms with Gasteiger partial charge in [-0.1, -0.05) is 18.2 Å². The van der Waals surface area contributed by atoms with Crippen LogP contribution in [0, 0.1) is 13.8 Å².